The van der Waals surface area contributed by atoms with Gasteiger partial charge in [0.2, 0.25) is 0 Å². The molecule has 29 heavy (non-hydrogen) atoms. The molecule has 0 aliphatic heterocycles. The van der Waals surface area contributed by atoms with E-state index >= 15 is 0 Å². The van der Waals surface area contributed by atoms with Crippen molar-refractivity contribution >= 4 is 22.6 Å². The monoisotopic (exact) mass is 394 g/mol. The molecule has 3 aromatic rings. The minimum Gasteiger partial charge on any atom is -0.482 e. The molecule has 2 N–H and O–H groups in total. The highest BCUT2D eigenvalue weighted by atomic mass is 16.6. The van der Waals surface area contributed by atoms with Gasteiger partial charge in [-0.15, -0.1) is 0 Å². The maximum absolute atomic E-state index is 10.7. The van der Waals surface area contributed by atoms with Gasteiger partial charge in [0.1, 0.15) is 5.75 Å². The first-order chi connectivity index (χ1) is 14.1. The second-order valence-electron chi connectivity index (χ2n) is 6.71. The number of para-hydroxylation sites is 1. The van der Waals surface area contributed by atoms with Crippen LogP contribution < -0.4 is 10.2 Å². The second-order valence-corrected chi connectivity index (χ2v) is 6.71. The van der Waals surface area contributed by atoms with Crippen molar-refractivity contribution in [3.05, 3.63) is 71.9 Å². The Labute approximate surface area is 170 Å². The van der Waals surface area contributed by atoms with Crippen LogP contribution in [0.2, 0.25) is 0 Å². The predicted molar refractivity (Wildman–Crippen MR) is 114 cm³/mol. The van der Waals surface area contributed by atoms with E-state index in [1.165, 1.54) is 10.9 Å². The van der Waals surface area contributed by atoms with Crippen molar-refractivity contribution in [2.45, 2.75) is 26.8 Å². The van der Waals surface area contributed by atoms with Crippen molar-refractivity contribution in [2.24, 2.45) is 0 Å². The highest BCUT2D eigenvalue weighted by Crippen LogP contribution is 2.23. The number of aryl methyl sites for hydroxylation is 1. The molecule has 0 aliphatic carbocycles. The lowest BCUT2D eigenvalue weighted by Crippen LogP contribution is -2.17. The smallest absolute Gasteiger partial charge is 0.341 e. The molecule has 6 heteroatoms. The van der Waals surface area contributed by atoms with E-state index in [0.717, 1.165) is 29.8 Å². The fourth-order valence-corrected chi connectivity index (χ4v) is 3.15. The van der Waals surface area contributed by atoms with Crippen LogP contribution in [0.15, 0.2) is 60.8 Å². The van der Waals surface area contributed by atoms with Crippen molar-refractivity contribution in [1.29, 1.82) is 0 Å². The number of carbonyl (C=O) groups is 1. The van der Waals surface area contributed by atoms with Crippen molar-refractivity contribution in [2.75, 3.05) is 13.2 Å². The first-order valence-corrected chi connectivity index (χ1v) is 9.66. The summed E-state index contributed by atoms with van der Waals surface area (Å²) in [5.41, 5.74) is 6.94. The van der Waals surface area contributed by atoms with Gasteiger partial charge in [0.05, 0.1) is 12.3 Å². The third kappa shape index (κ3) is 5.39. The van der Waals surface area contributed by atoms with Crippen molar-refractivity contribution < 1.29 is 19.5 Å². The highest BCUT2D eigenvalue weighted by molar-refractivity contribution is 5.79. The average molecular weight is 394 g/mol. The molecule has 0 spiro atoms. The van der Waals surface area contributed by atoms with Gasteiger partial charge in [0.25, 0.3) is 0 Å². The molecule has 0 bridgehead atoms. The third-order valence-corrected chi connectivity index (χ3v) is 4.54. The van der Waals surface area contributed by atoms with Crippen LogP contribution in [0.4, 0.5) is 0 Å². The van der Waals surface area contributed by atoms with Gasteiger partial charge in [-0.1, -0.05) is 31.2 Å². The van der Waals surface area contributed by atoms with E-state index in [9.17, 15) is 4.79 Å². The summed E-state index contributed by atoms with van der Waals surface area (Å²) in [5, 5.41) is 9.98. The van der Waals surface area contributed by atoms with Gasteiger partial charge < -0.3 is 14.4 Å². The van der Waals surface area contributed by atoms with Crippen LogP contribution in [0.1, 0.15) is 24.5 Å². The molecule has 0 aliphatic rings. The van der Waals surface area contributed by atoms with Gasteiger partial charge in [-0.25, -0.2) is 4.79 Å². The number of carboxylic acids is 1. The summed E-state index contributed by atoms with van der Waals surface area (Å²) < 4.78 is 7.46. The number of allylic oxidation sites excluding steroid dienone is 1. The number of hydroxylamine groups is 1. The molecule has 1 heterocycles. The number of hydrogen-bond acceptors (Lipinski definition) is 4. The molecule has 0 unspecified atom stereocenters. The summed E-state index contributed by atoms with van der Waals surface area (Å²) in [6, 6.07) is 16.0. The Hall–Kier alpha value is -3.25. The Kier molecular flexibility index (Phi) is 6.92. The zero-order valence-electron chi connectivity index (χ0n) is 16.7. The van der Waals surface area contributed by atoms with Crippen molar-refractivity contribution in [3.8, 4) is 5.75 Å². The van der Waals surface area contributed by atoms with Crippen LogP contribution in [-0.4, -0.2) is 28.9 Å². The summed E-state index contributed by atoms with van der Waals surface area (Å²) in [6.07, 6.45) is 4.97. The highest BCUT2D eigenvalue weighted by Gasteiger charge is 2.08. The van der Waals surface area contributed by atoms with Crippen LogP contribution in [0, 0.1) is 6.92 Å². The number of benzene rings is 2. The van der Waals surface area contributed by atoms with Gasteiger partial charge >= 0.3 is 5.97 Å². The molecule has 0 fully saturated rings. The second kappa shape index (κ2) is 9.80. The Morgan fingerprint density at radius 2 is 2.03 bits per heavy atom. The van der Waals surface area contributed by atoms with E-state index in [1.807, 2.05) is 31.2 Å². The fourth-order valence-electron chi connectivity index (χ4n) is 3.15. The molecule has 0 atom stereocenters. The van der Waals surface area contributed by atoms with Gasteiger partial charge in [0.15, 0.2) is 6.61 Å². The minimum atomic E-state index is -0.995. The number of fused-ring (bicyclic) bond motifs is 1. The molecule has 0 saturated heterocycles. The van der Waals surface area contributed by atoms with Crippen molar-refractivity contribution in [3.63, 3.8) is 0 Å². The lowest BCUT2D eigenvalue weighted by atomic mass is 10.1. The molecule has 152 valence electrons. The van der Waals surface area contributed by atoms with Gasteiger partial charge in [-0.2, -0.15) is 0 Å². The molecule has 2 aromatic carbocycles. The molecule has 0 amide bonds. The zero-order chi connectivity index (χ0) is 20.6. The van der Waals surface area contributed by atoms with E-state index < -0.39 is 5.97 Å². The first-order valence-electron chi connectivity index (χ1n) is 9.66. The lowest BCUT2D eigenvalue weighted by Gasteiger charge is -2.14. The number of nitrogens with one attached hydrogen (secondary N) is 1. The van der Waals surface area contributed by atoms with E-state index in [-0.39, 0.29) is 6.61 Å². The lowest BCUT2D eigenvalue weighted by molar-refractivity contribution is -0.139. The maximum atomic E-state index is 10.7. The number of hydrogen-bond donors (Lipinski definition) is 2. The topological polar surface area (TPSA) is 72.7 Å². The molecule has 1 aromatic heterocycles. The third-order valence-electron chi connectivity index (χ3n) is 4.54. The fraction of sp³-hybridized carbons (Fsp3) is 0.261. The molecule has 3 rings (SSSR count). The van der Waals surface area contributed by atoms with E-state index in [2.05, 4.69) is 47.4 Å². The van der Waals surface area contributed by atoms with E-state index in [0.29, 0.717) is 12.4 Å². The van der Waals surface area contributed by atoms with Crippen LogP contribution in [-0.2, 0) is 16.2 Å². The van der Waals surface area contributed by atoms with E-state index in [1.54, 1.807) is 6.07 Å². The number of rotatable bonds is 10. The zero-order valence-corrected chi connectivity index (χ0v) is 16.7. The normalized spacial score (nSPS) is 11.6. The number of aromatic nitrogens is 1. The van der Waals surface area contributed by atoms with Crippen LogP contribution in [0.5, 0.6) is 5.75 Å². The summed E-state index contributed by atoms with van der Waals surface area (Å²) >= 11 is 0. The largest absolute Gasteiger partial charge is 0.482 e. The molecule has 0 saturated carbocycles. The Bertz CT molecular complexity index is 1010. The summed E-state index contributed by atoms with van der Waals surface area (Å²) in [7, 11) is 0. The van der Waals surface area contributed by atoms with Gasteiger partial charge in [0, 0.05) is 23.8 Å². The SMILES string of the molecule is CCC=C(NOCCn1ccc2ccccc21)c1ccc(OCC(=O)O)c(C)c1. The summed E-state index contributed by atoms with van der Waals surface area (Å²) in [6.45, 7) is 4.85. The average Bonchev–Trinajstić information content (AvgIpc) is 3.12. The summed E-state index contributed by atoms with van der Waals surface area (Å²) in [4.78, 5) is 16.4. The number of ether oxygens (including phenoxy) is 1. The number of nitrogens with zero attached hydrogens (tertiary/aromatic N) is 1. The quantitative estimate of drug-likeness (QED) is 0.394. The van der Waals surface area contributed by atoms with E-state index in [4.69, 9.17) is 14.7 Å². The Morgan fingerprint density at radius 1 is 1.21 bits per heavy atom. The van der Waals surface area contributed by atoms with Crippen LogP contribution in [0.3, 0.4) is 0 Å². The first kappa shape index (κ1) is 20.5. The standard InChI is InChI=1S/C23H26N2O4/c1-3-6-20(19-9-10-22(17(2)15-19)28-16-23(26)27)24-29-14-13-25-12-11-18-7-4-5-8-21(18)25/h4-12,15,24H,3,13-14,16H2,1-2H3,(H,26,27). The van der Waals surface area contributed by atoms with Crippen LogP contribution in [0.25, 0.3) is 16.6 Å². The number of aliphatic carboxylic acids is 1. The predicted octanol–water partition coefficient (Wildman–Crippen LogP) is 4.39. The van der Waals surface area contributed by atoms with Crippen LogP contribution >= 0.6 is 0 Å². The van der Waals surface area contributed by atoms with Gasteiger partial charge in [-0.3, -0.25) is 10.3 Å². The minimum absolute atomic E-state index is 0.354. The Balaban J connectivity index is 1.59. The maximum Gasteiger partial charge on any atom is 0.341 e. The Morgan fingerprint density at radius 3 is 2.79 bits per heavy atom. The molecule has 0 radical (unpaired) electrons. The molecular weight excluding hydrogens is 368 g/mol. The molecular formula is C23H26N2O4. The summed E-state index contributed by atoms with van der Waals surface area (Å²) in [5.74, 6) is -0.432. The van der Waals surface area contributed by atoms with Gasteiger partial charge in [-0.05, 0) is 54.6 Å². The molecule has 6 nitrogen and oxygen atoms in total. The number of carboxylic acid groups (broad SMARTS) is 1. The van der Waals surface area contributed by atoms with Crippen molar-refractivity contribution in [1.82, 2.24) is 10.0 Å².